The third-order valence-electron chi connectivity index (χ3n) is 2.68. The highest BCUT2D eigenvalue weighted by Crippen LogP contribution is 2.20. The van der Waals surface area contributed by atoms with Crippen molar-refractivity contribution >= 4 is 11.6 Å². The third kappa shape index (κ3) is 3.32. The number of rotatable bonds is 3. The van der Waals surface area contributed by atoms with Gasteiger partial charge in [0.05, 0.1) is 6.07 Å². The molecule has 0 atom stereocenters. The molecule has 0 aromatic heterocycles. The van der Waals surface area contributed by atoms with Crippen molar-refractivity contribution in [3.8, 4) is 6.07 Å². The van der Waals surface area contributed by atoms with Crippen LogP contribution in [0.25, 0.3) is 0 Å². The third-order valence-corrected chi connectivity index (χ3v) is 2.68. The lowest BCUT2D eigenvalue weighted by Crippen LogP contribution is -2.29. The minimum Gasteiger partial charge on any atom is -0.325 e. The van der Waals surface area contributed by atoms with Gasteiger partial charge < -0.3 is 5.32 Å². The van der Waals surface area contributed by atoms with Gasteiger partial charge >= 0.3 is 0 Å². The molecular weight excluding hydrogens is 212 g/mol. The van der Waals surface area contributed by atoms with E-state index in [9.17, 15) is 4.79 Å². The van der Waals surface area contributed by atoms with Gasteiger partial charge in [-0.05, 0) is 37.5 Å². The maximum absolute atomic E-state index is 11.8. The van der Waals surface area contributed by atoms with Gasteiger partial charge in [0, 0.05) is 5.69 Å². The molecule has 1 aromatic rings. The smallest absolute Gasteiger partial charge is 0.244 e. The molecule has 0 unspecified atom stereocenters. The molecule has 0 fully saturated rings. The molecule has 1 aromatic carbocycles. The number of carbonyl (C=O) groups is 1. The fourth-order valence-corrected chi connectivity index (χ4v) is 1.29. The number of nitriles is 1. The second-order valence-corrected chi connectivity index (χ2v) is 4.97. The largest absolute Gasteiger partial charge is 0.325 e. The van der Waals surface area contributed by atoms with Crippen LogP contribution >= 0.6 is 0 Å². The van der Waals surface area contributed by atoms with Crippen molar-refractivity contribution in [3.05, 3.63) is 29.8 Å². The van der Waals surface area contributed by atoms with Crippen molar-refractivity contribution in [3.63, 3.8) is 0 Å². The Morgan fingerprint density at radius 1 is 1.29 bits per heavy atom. The van der Waals surface area contributed by atoms with Crippen LogP contribution in [0.4, 0.5) is 5.69 Å². The first-order valence-corrected chi connectivity index (χ1v) is 5.69. The summed E-state index contributed by atoms with van der Waals surface area (Å²) in [7, 11) is 0. The average molecular weight is 230 g/mol. The number of nitrogens with one attached hydrogen (secondary N) is 1. The SMILES string of the molecule is CC(C)c1ccc(NC(=O)C(C)(C)C#N)cc1. The predicted molar refractivity (Wildman–Crippen MR) is 68.6 cm³/mol. The zero-order valence-corrected chi connectivity index (χ0v) is 10.7. The Morgan fingerprint density at radius 3 is 2.24 bits per heavy atom. The van der Waals surface area contributed by atoms with E-state index in [1.54, 1.807) is 13.8 Å². The van der Waals surface area contributed by atoms with Crippen molar-refractivity contribution in [2.45, 2.75) is 33.6 Å². The maximum atomic E-state index is 11.8. The number of hydrogen-bond acceptors (Lipinski definition) is 2. The molecule has 0 saturated heterocycles. The molecule has 0 spiro atoms. The van der Waals surface area contributed by atoms with Crippen LogP contribution in [0.2, 0.25) is 0 Å². The summed E-state index contributed by atoms with van der Waals surface area (Å²) >= 11 is 0. The van der Waals surface area contributed by atoms with Crippen molar-refractivity contribution in [1.29, 1.82) is 5.26 Å². The Morgan fingerprint density at radius 2 is 1.82 bits per heavy atom. The molecule has 0 aliphatic carbocycles. The summed E-state index contributed by atoms with van der Waals surface area (Å²) in [4.78, 5) is 11.8. The summed E-state index contributed by atoms with van der Waals surface area (Å²) in [6.45, 7) is 7.44. The standard InChI is InChI=1S/C14H18N2O/c1-10(2)11-5-7-12(8-6-11)16-13(17)14(3,4)9-15/h5-8,10H,1-4H3,(H,16,17). The Kier molecular flexibility index (Phi) is 3.90. The normalized spacial score (nSPS) is 11.1. The van der Waals surface area contributed by atoms with Gasteiger partial charge in [0.2, 0.25) is 5.91 Å². The van der Waals surface area contributed by atoms with E-state index in [-0.39, 0.29) is 5.91 Å². The average Bonchev–Trinajstić information content (AvgIpc) is 2.29. The molecule has 1 amide bonds. The molecule has 1 rings (SSSR count). The molecule has 0 aliphatic rings. The van der Waals surface area contributed by atoms with E-state index in [0.29, 0.717) is 5.92 Å². The van der Waals surface area contributed by atoms with Crippen LogP contribution in [0.15, 0.2) is 24.3 Å². The quantitative estimate of drug-likeness (QED) is 0.866. The first kappa shape index (κ1) is 13.2. The van der Waals surface area contributed by atoms with Crippen LogP contribution in [0.1, 0.15) is 39.2 Å². The van der Waals surface area contributed by atoms with E-state index < -0.39 is 5.41 Å². The van der Waals surface area contributed by atoms with Crippen LogP contribution in [0.3, 0.4) is 0 Å². The van der Waals surface area contributed by atoms with Crippen LogP contribution < -0.4 is 5.32 Å². The highest BCUT2D eigenvalue weighted by Gasteiger charge is 2.27. The maximum Gasteiger partial charge on any atom is 0.244 e. The molecule has 0 radical (unpaired) electrons. The molecule has 0 bridgehead atoms. The number of carbonyl (C=O) groups excluding carboxylic acids is 1. The zero-order valence-electron chi connectivity index (χ0n) is 10.7. The van der Waals surface area contributed by atoms with Crippen molar-refractivity contribution in [1.82, 2.24) is 0 Å². The molecule has 3 nitrogen and oxygen atoms in total. The lowest BCUT2D eigenvalue weighted by molar-refractivity contribution is -0.121. The topological polar surface area (TPSA) is 52.9 Å². The highest BCUT2D eigenvalue weighted by molar-refractivity contribution is 5.96. The Labute approximate surface area is 102 Å². The first-order chi connectivity index (χ1) is 7.86. The summed E-state index contributed by atoms with van der Waals surface area (Å²) in [5, 5.41) is 11.6. The van der Waals surface area contributed by atoms with Gasteiger partial charge in [-0.15, -0.1) is 0 Å². The van der Waals surface area contributed by atoms with Crippen molar-refractivity contribution in [2.24, 2.45) is 5.41 Å². The summed E-state index contributed by atoms with van der Waals surface area (Å²) < 4.78 is 0. The van der Waals surface area contributed by atoms with Gasteiger partial charge in [-0.3, -0.25) is 4.79 Å². The summed E-state index contributed by atoms with van der Waals surface area (Å²) in [5.74, 6) is 0.188. The van der Waals surface area contributed by atoms with E-state index in [4.69, 9.17) is 5.26 Å². The second-order valence-electron chi connectivity index (χ2n) is 4.97. The summed E-state index contributed by atoms with van der Waals surface area (Å²) in [6.07, 6.45) is 0. The number of anilines is 1. The second kappa shape index (κ2) is 5.01. The molecule has 17 heavy (non-hydrogen) atoms. The highest BCUT2D eigenvalue weighted by atomic mass is 16.2. The molecular formula is C14H18N2O. The number of nitrogens with zero attached hydrogens (tertiary/aromatic N) is 1. The van der Waals surface area contributed by atoms with Crippen LogP contribution in [-0.4, -0.2) is 5.91 Å². The lowest BCUT2D eigenvalue weighted by Gasteiger charge is -2.15. The monoisotopic (exact) mass is 230 g/mol. The Hall–Kier alpha value is -1.82. The van der Waals surface area contributed by atoms with Gasteiger partial charge in [-0.25, -0.2) is 0 Å². The minimum absolute atomic E-state index is 0.280. The van der Waals surface area contributed by atoms with E-state index in [0.717, 1.165) is 5.69 Å². The molecule has 0 aliphatic heterocycles. The molecule has 0 heterocycles. The van der Waals surface area contributed by atoms with E-state index in [2.05, 4.69) is 19.2 Å². The van der Waals surface area contributed by atoms with Gasteiger partial charge in [0.1, 0.15) is 5.41 Å². The molecule has 0 saturated carbocycles. The van der Waals surface area contributed by atoms with Crippen LogP contribution in [-0.2, 0) is 4.79 Å². The van der Waals surface area contributed by atoms with Gasteiger partial charge in [0.15, 0.2) is 0 Å². The van der Waals surface area contributed by atoms with Gasteiger partial charge in [0.25, 0.3) is 0 Å². The number of benzene rings is 1. The van der Waals surface area contributed by atoms with E-state index in [1.807, 2.05) is 30.3 Å². The Balaban J connectivity index is 2.78. The fourth-order valence-electron chi connectivity index (χ4n) is 1.29. The predicted octanol–water partition coefficient (Wildman–Crippen LogP) is 3.30. The van der Waals surface area contributed by atoms with Crippen molar-refractivity contribution < 1.29 is 4.79 Å². The van der Waals surface area contributed by atoms with Crippen LogP contribution in [0.5, 0.6) is 0 Å². The molecule has 3 heteroatoms. The lowest BCUT2D eigenvalue weighted by atomic mass is 9.94. The minimum atomic E-state index is -1.00. The molecule has 90 valence electrons. The zero-order chi connectivity index (χ0) is 13.1. The van der Waals surface area contributed by atoms with Crippen molar-refractivity contribution in [2.75, 3.05) is 5.32 Å². The van der Waals surface area contributed by atoms with E-state index >= 15 is 0 Å². The first-order valence-electron chi connectivity index (χ1n) is 5.69. The van der Waals surface area contributed by atoms with E-state index in [1.165, 1.54) is 5.56 Å². The Bertz CT molecular complexity index is 438. The molecule has 1 N–H and O–H groups in total. The summed E-state index contributed by atoms with van der Waals surface area (Å²) in [5.41, 5.74) is 0.946. The number of amides is 1. The van der Waals surface area contributed by atoms with Gasteiger partial charge in [-0.2, -0.15) is 5.26 Å². The van der Waals surface area contributed by atoms with Gasteiger partial charge in [-0.1, -0.05) is 26.0 Å². The fraction of sp³-hybridized carbons (Fsp3) is 0.429. The number of hydrogen-bond donors (Lipinski definition) is 1. The van der Waals surface area contributed by atoms with Crippen LogP contribution in [0, 0.1) is 16.7 Å². The summed E-state index contributed by atoms with van der Waals surface area (Å²) in [6, 6.07) is 9.67.